The molecule has 0 aromatic carbocycles. The van der Waals surface area contributed by atoms with Crippen molar-refractivity contribution in [2.45, 2.75) is 19.4 Å². The molecule has 21 heavy (non-hydrogen) atoms. The summed E-state index contributed by atoms with van der Waals surface area (Å²) in [7, 11) is 0. The SMILES string of the molecule is CSCCC(NC(N)=O)C(=O)Nc1c[nH]c(C)c1C(=O)O. The van der Waals surface area contributed by atoms with E-state index in [1.54, 1.807) is 6.92 Å². The van der Waals surface area contributed by atoms with Crippen LogP contribution in [0.4, 0.5) is 10.5 Å². The van der Waals surface area contributed by atoms with Gasteiger partial charge in [0.15, 0.2) is 0 Å². The van der Waals surface area contributed by atoms with Crippen molar-refractivity contribution in [1.29, 1.82) is 0 Å². The molecule has 116 valence electrons. The maximum atomic E-state index is 12.1. The van der Waals surface area contributed by atoms with Gasteiger partial charge in [0.05, 0.1) is 5.69 Å². The quantitative estimate of drug-likeness (QED) is 0.505. The van der Waals surface area contributed by atoms with Gasteiger partial charge in [0.25, 0.3) is 0 Å². The van der Waals surface area contributed by atoms with E-state index in [1.807, 2.05) is 6.26 Å². The Morgan fingerprint density at radius 1 is 1.48 bits per heavy atom. The summed E-state index contributed by atoms with van der Waals surface area (Å²) in [5, 5.41) is 14.0. The van der Waals surface area contributed by atoms with E-state index in [9.17, 15) is 14.4 Å². The molecule has 0 bridgehead atoms. The standard InChI is InChI=1S/C12H18N4O4S/c1-6-9(11(18)19)8(5-14-6)15-10(17)7(3-4-21-2)16-12(13)20/h5,7,14H,3-4H2,1-2H3,(H,15,17)(H,18,19)(H3,13,16,20). The van der Waals surface area contributed by atoms with Gasteiger partial charge in [0, 0.05) is 11.9 Å². The lowest BCUT2D eigenvalue weighted by Gasteiger charge is -2.16. The second-order valence-corrected chi connectivity index (χ2v) is 5.33. The number of urea groups is 1. The van der Waals surface area contributed by atoms with Gasteiger partial charge in [0.2, 0.25) is 5.91 Å². The molecule has 1 aromatic heterocycles. The van der Waals surface area contributed by atoms with E-state index in [0.717, 1.165) is 0 Å². The summed E-state index contributed by atoms with van der Waals surface area (Å²) in [6.07, 6.45) is 3.66. The molecule has 0 saturated carbocycles. The number of H-pyrrole nitrogens is 1. The third-order valence-corrected chi connectivity index (χ3v) is 3.44. The summed E-state index contributed by atoms with van der Waals surface area (Å²) in [6, 6.07) is -1.62. The van der Waals surface area contributed by atoms with Crippen LogP contribution in [-0.4, -0.2) is 46.0 Å². The van der Waals surface area contributed by atoms with Gasteiger partial charge in [-0.1, -0.05) is 0 Å². The minimum atomic E-state index is -1.15. The molecule has 1 heterocycles. The summed E-state index contributed by atoms with van der Waals surface area (Å²) >= 11 is 1.52. The largest absolute Gasteiger partial charge is 0.478 e. The first-order valence-electron chi connectivity index (χ1n) is 6.13. The van der Waals surface area contributed by atoms with E-state index >= 15 is 0 Å². The van der Waals surface area contributed by atoms with Crippen molar-refractivity contribution in [1.82, 2.24) is 10.3 Å². The molecule has 3 amide bonds. The number of nitrogens with one attached hydrogen (secondary N) is 3. The number of carbonyl (C=O) groups excluding carboxylic acids is 2. The molecule has 8 nitrogen and oxygen atoms in total. The van der Waals surface area contributed by atoms with Crippen LogP contribution in [0, 0.1) is 6.92 Å². The fraction of sp³-hybridized carbons (Fsp3) is 0.417. The van der Waals surface area contributed by atoms with Crippen molar-refractivity contribution >= 4 is 35.4 Å². The van der Waals surface area contributed by atoms with E-state index in [-0.39, 0.29) is 11.3 Å². The normalized spacial score (nSPS) is 11.7. The number of amides is 3. The van der Waals surface area contributed by atoms with Crippen molar-refractivity contribution in [2.24, 2.45) is 5.73 Å². The third-order valence-electron chi connectivity index (χ3n) is 2.79. The Labute approximate surface area is 125 Å². The van der Waals surface area contributed by atoms with E-state index in [2.05, 4.69) is 15.6 Å². The first-order valence-corrected chi connectivity index (χ1v) is 7.53. The number of carboxylic acids is 1. The van der Waals surface area contributed by atoms with Gasteiger partial charge < -0.3 is 26.5 Å². The van der Waals surface area contributed by atoms with Crippen LogP contribution in [-0.2, 0) is 4.79 Å². The topological polar surface area (TPSA) is 137 Å². The molecule has 0 aliphatic carbocycles. The first-order chi connectivity index (χ1) is 9.86. The van der Waals surface area contributed by atoms with Gasteiger partial charge in [-0.05, 0) is 25.4 Å². The van der Waals surface area contributed by atoms with E-state index in [0.29, 0.717) is 17.9 Å². The van der Waals surface area contributed by atoms with Gasteiger partial charge in [-0.3, -0.25) is 4.79 Å². The Morgan fingerprint density at radius 2 is 2.14 bits per heavy atom. The van der Waals surface area contributed by atoms with Crippen LogP contribution in [0.2, 0.25) is 0 Å². The summed E-state index contributed by atoms with van der Waals surface area (Å²) in [5.74, 6) is -1.01. The number of hydrogen-bond acceptors (Lipinski definition) is 4. The number of aromatic nitrogens is 1. The van der Waals surface area contributed by atoms with Gasteiger partial charge in [-0.25, -0.2) is 9.59 Å². The minimum absolute atomic E-state index is 0.00829. The van der Waals surface area contributed by atoms with Crippen molar-refractivity contribution in [3.05, 3.63) is 17.5 Å². The highest BCUT2D eigenvalue weighted by molar-refractivity contribution is 7.98. The first kappa shape index (κ1) is 16.9. The molecule has 0 aliphatic heterocycles. The molecule has 0 fully saturated rings. The molecule has 1 aromatic rings. The summed E-state index contributed by atoms with van der Waals surface area (Å²) in [6.45, 7) is 1.59. The van der Waals surface area contributed by atoms with Crippen molar-refractivity contribution < 1.29 is 19.5 Å². The highest BCUT2D eigenvalue weighted by Gasteiger charge is 2.23. The van der Waals surface area contributed by atoms with Crippen LogP contribution in [0.5, 0.6) is 0 Å². The number of nitrogens with two attached hydrogens (primary N) is 1. The van der Waals surface area contributed by atoms with E-state index < -0.39 is 23.9 Å². The van der Waals surface area contributed by atoms with Crippen LogP contribution in [0.3, 0.4) is 0 Å². The Kier molecular flexibility index (Phi) is 6.10. The second kappa shape index (κ2) is 7.58. The average molecular weight is 314 g/mol. The molecule has 1 atom stereocenters. The Bertz CT molecular complexity index is 543. The van der Waals surface area contributed by atoms with Crippen LogP contribution in [0.1, 0.15) is 22.5 Å². The number of aryl methyl sites for hydroxylation is 1. The maximum absolute atomic E-state index is 12.1. The summed E-state index contributed by atoms with van der Waals surface area (Å²) in [4.78, 5) is 36.9. The second-order valence-electron chi connectivity index (χ2n) is 4.34. The number of aromatic carboxylic acids is 1. The molecule has 9 heteroatoms. The molecular weight excluding hydrogens is 296 g/mol. The third kappa shape index (κ3) is 4.71. The Balaban J connectivity index is 2.85. The van der Waals surface area contributed by atoms with Crippen LogP contribution in [0.15, 0.2) is 6.20 Å². The Morgan fingerprint density at radius 3 is 2.67 bits per heavy atom. The number of carboxylic acid groups (broad SMARTS) is 1. The highest BCUT2D eigenvalue weighted by atomic mass is 32.2. The maximum Gasteiger partial charge on any atom is 0.339 e. The predicted octanol–water partition coefficient (Wildman–Crippen LogP) is 0.750. The molecule has 0 spiro atoms. The number of rotatable bonds is 7. The van der Waals surface area contributed by atoms with Crippen molar-refractivity contribution in [2.75, 3.05) is 17.3 Å². The smallest absolute Gasteiger partial charge is 0.339 e. The van der Waals surface area contributed by atoms with Gasteiger partial charge in [0.1, 0.15) is 11.6 Å². The van der Waals surface area contributed by atoms with Crippen LogP contribution >= 0.6 is 11.8 Å². The fourth-order valence-electron chi connectivity index (χ4n) is 1.80. The monoisotopic (exact) mass is 314 g/mol. The van der Waals surface area contributed by atoms with Crippen LogP contribution in [0.25, 0.3) is 0 Å². The van der Waals surface area contributed by atoms with Crippen molar-refractivity contribution in [3.8, 4) is 0 Å². The average Bonchev–Trinajstić information content (AvgIpc) is 2.75. The molecular formula is C12H18N4O4S. The van der Waals surface area contributed by atoms with Gasteiger partial charge in [-0.15, -0.1) is 0 Å². The number of primary amides is 1. The fourth-order valence-corrected chi connectivity index (χ4v) is 2.27. The lowest BCUT2D eigenvalue weighted by Crippen LogP contribution is -2.46. The van der Waals surface area contributed by atoms with Gasteiger partial charge >= 0.3 is 12.0 Å². The molecule has 1 rings (SSSR count). The highest BCUT2D eigenvalue weighted by Crippen LogP contribution is 2.19. The van der Waals surface area contributed by atoms with Crippen LogP contribution < -0.4 is 16.4 Å². The molecule has 0 saturated heterocycles. The number of aromatic amines is 1. The van der Waals surface area contributed by atoms with Crippen molar-refractivity contribution in [3.63, 3.8) is 0 Å². The minimum Gasteiger partial charge on any atom is -0.478 e. The zero-order valence-corrected chi connectivity index (χ0v) is 12.5. The summed E-state index contributed by atoms with van der Waals surface area (Å²) in [5.41, 5.74) is 5.62. The lowest BCUT2D eigenvalue weighted by atomic mass is 10.2. The number of anilines is 1. The van der Waals surface area contributed by atoms with Gasteiger partial charge in [-0.2, -0.15) is 11.8 Å². The molecule has 0 aliphatic rings. The number of hydrogen-bond donors (Lipinski definition) is 5. The zero-order valence-electron chi connectivity index (χ0n) is 11.7. The molecule has 1 unspecified atom stereocenters. The number of carbonyl (C=O) groups is 3. The van der Waals surface area contributed by atoms with E-state index in [4.69, 9.17) is 10.8 Å². The number of thioether (sulfide) groups is 1. The zero-order chi connectivity index (χ0) is 16.0. The lowest BCUT2D eigenvalue weighted by molar-refractivity contribution is -0.117. The molecule has 6 N–H and O–H groups in total. The predicted molar refractivity (Wildman–Crippen MR) is 80.6 cm³/mol. The molecule has 0 radical (unpaired) electrons. The van der Waals surface area contributed by atoms with E-state index in [1.165, 1.54) is 18.0 Å². The summed E-state index contributed by atoms with van der Waals surface area (Å²) < 4.78 is 0. The Hall–Kier alpha value is -2.16.